The molecule has 0 radical (unpaired) electrons. The zero-order chi connectivity index (χ0) is 45.1. The minimum Gasteiger partial charge on any atom is -0.466 e. The van der Waals surface area contributed by atoms with Crippen LogP contribution in [-0.2, 0) is 14.3 Å². The molecule has 0 aliphatic heterocycles. The Hall–Kier alpha value is -1.92. The van der Waals surface area contributed by atoms with Gasteiger partial charge in [0.1, 0.15) is 0 Å². The van der Waals surface area contributed by atoms with Crippen LogP contribution in [-0.4, -0.2) is 47.4 Å². The van der Waals surface area contributed by atoms with Gasteiger partial charge in [0.2, 0.25) is 5.91 Å². The molecule has 0 aromatic carbocycles. The predicted octanol–water partition coefficient (Wildman–Crippen LogP) is 16.5. The first-order valence-corrected chi connectivity index (χ1v) is 27.3. The van der Waals surface area contributed by atoms with E-state index in [1.54, 1.807) is 6.08 Å². The van der Waals surface area contributed by atoms with E-state index in [0.29, 0.717) is 19.4 Å². The Morgan fingerprint density at radius 3 is 1.15 bits per heavy atom. The van der Waals surface area contributed by atoms with Crippen molar-refractivity contribution in [1.82, 2.24) is 5.32 Å². The highest BCUT2D eigenvalue weighted by Gasteiger charge is 2.18. The molecule has 0 spiro atoms. The molecule has 6 nitrogen and oxygen atoms in total. The highest BCUT2D eigenvalue weighted by atomic mass is 16.5. The van der Waals surface area contributed by atoms with Crippen molar-refractivity contribution in [2.45, 2.75) is 296 Å². The third-order valence-electron chi connectivity index (χ3n) is 12.4. The maximum atomic E-state index is 12.4. The van der Waals surface area contributed by atoms with E-state index < -0.39 is 12.1 Å². The number of rotatable bonds is 50. The number of carbonyl (C=O) groups excluding carboxylic acids is 2. The van der Waals surface area contributed by atoms with Gasteiger partial charge in [0.25, 0.3) is 0 Å². The Balaban J connectivity index is 3.49. The lowest BCUT2D eigenvalue weighted by Gasteiger charge is -2.20. The molecular weight excluding hydrogens is 767 g/mol. The van der Waals surface area contributed by atoms with Gasteiger partial charge in [-0.2, -0.15) is 0 Å². The van der Waals surface area contributed by atoms with E-state index in [4.69, 9.17) is 4.74 Å². The number of aliphatic hydroxyl groups excluding tert-OH is 2. The van der Waals surface area contributed by atoms with E-state index in [1.165, 1.54) is 193 Å². The summed E-state index contributed by atoms with van der Waals surface area (Å²) < 4.78 is 5.46. The number of amides is 1. The quantitative estimate of drug-likeness (QED) is 0.0321. The molecule has 0 saturated heterocycles. The number of unbranched alkanes of at least 4 members (excludes halogenated alkanes) is 35. The van der Waals surface area contributed by atoms with Gasteiger partial charge in [-0.15, -0.1) is 0 Å². The Morgan fingerprint density at radius 1 is 0.435 bits per heavy atom. The summed E-state index contributed by atoms with van der Waals surface area (Å²) in [4.78, 5) is 24.5. The second-order valence-electron chi connectivity index (χ2n) is 18.5. The summed E-state index contributed by atoms with van der Waals surface area (Å²) in [5.74, 6) is -0.0978. The van der Waals surface area contributed by atoms with Crippen LogP contribution < -0.4 is 5.32 Å². The lowest BCUT2D eigenvalue weighted by atomic mass is 10.0. The monoisotopic (exact) mass is 872 g/mol. The van der Waals surface area contributed by atoms with Crippen LogP contribution in [0.1, 0.15) is 284 Å². The van der Waals surface area contributed by atoms with Crippen LogP contribution in [0.15, 0.2) is 36.5 Å². The van der Waals surface area contributed by atoms with Crippen molar-refractivity contribution in [2.24, 2.45) is 0 Å². The molecule has 0 bridgehead atoms. The summed E-state index contributed by atoms with van der Waals surface area (Å²) in [7, 11) is 0. The number of allylic oxidation sites excluding steroid dienone is 5. The summed E-state index contributed by atoms with van der Waals surface area (Å²) in [5, 5.41) is 23.0. The Labute approximate surface area is 385 Å². The maximum Gasteiger partial charge on any atom is 0.305 e. The van der Waals surface area contributed by atoms with Crippen LogP contribution in [0.25, 0.3) is 0 Å². The molecule has 0 saturated carbocycles. The number of hydrogen-bond acceptors (Lipinski definition) is 5. The number of aliphatic hydroxyl groups is 2. The summed E-state index contributed by atoms with van der Waals surface area (Å²) in [6.07, 6.45) is 62.9. The minimum atomic E-state index is -0.854. The van der Waals surface area contributed by atoms with Crippen molar-refractivity contribution in [3.8, 4) is 0 Å². The fraction of sp³-hybridized carbons (Fsp3) is 0.857. The Kier molecular flexibility index (Phi) is 50.1. The van der Waals surface area contributed by atoms with Gasteiger partial charge in [0, 0.05) is 12.8 Å². The van der Waals surface area contributed by atoms with Gasteiger partial charge in [0.05, 0.1) is 25.4 Å². The van der Waals surface area contributed by atoms with Crippen molar-refractivity contribution in [1.29, 1.82) is 0 Å². The molecule has 0 aromatic heterocycles. The minimum absolute atomic E-state index is 0.0117. The second-order valence-corrected chi connectivity index (χ2v) is 18.5. The van der Waals surface area contributed by atoms with Crippen LogP contribution in [0.2, 0.25) is 0 Å². The fourth-order valence-corrected chi connectivity index (χ4v) is 8.15. The Bertz CT molecular complexity index is 1010. The number of esters is 1. The third-order valence-corrected chi connectivity index (χ3v) is 12.4. The van der Waals surface area contributed by atoms with Crippen LogP contribution in [0, 0.1) is 0 Å². The van der Waals surface area contributed by atoms with E-state index in [9.17, 15) is 19.8 Å². The van der Waals surface area contributed by atoms with Gasteiger partial charge >= 0.3 is 5.97 Å². The molecule has 364 valence electrons. The van der Waals surface area contributed by atoms with Crippen LogP contribution in [0.5, 0.6) is 0 Å². The van der Waals surface area contributed by atoms with Crippen molar-refractivity contribution < 1.29 is 24.5 Å². The average Bonchev–Trinajstić information content (AvgIpc) is 3.27. The number of nitrogens with one attached hydrogen (secondary N) is 1. The van der Waals surface area contributed by atoms with Crippen LogP contribution in [0.4, 0.5) is 0 Å². The highest BCUT2D eigenvalue weighted by molar-refractivity contribution is 5.76. The van der Waals surface area contributed by atoms with E-state index in [-0.39, 0.29) is 18.5 Å². The van der Waals surface area contributed by atoms with Crippen LogP contribution in [0.3, 0.4) is 0 Å². The molecule has 0 aliphatic carbocycles. The Morgan fingerprint density at radius 2 is 0.758 bits per heavy atom. The first kappa shape index (κ1) is 60.1. The molecule has 62 heavy (non-hydrogen) atoms. The molecule has 0 fully saturated rings. The van der Waals surface area contributed by atoms with E-state index in [1.807, 2.05) is 6.08 Å². The van der Waals surface area contributed by atoms with Gasteiger partial charge in [-0.3, -0.25) is 9.59 Å². The predicted molar refractivity (Wildman–Crippen MR) is 269 cm³/mol. The molecule has 3 N–H and O–H groups in total. The first-order valence-electron chi connectivity index (χ1n) is 27.3. The molecule has 2 unspecified atom stereocenters. The zero-order valence-electron chi connectivity index (χ0n) is 41.4. The molecule has 6 heteroatoms. The topological polar surface area (TPSA) is 95.9 Å². The molecule has 0 aliphatic rings. The van der Waals surface area contributed by atoms with E-state index in [0.717, 1.165) is 64.2 Å². The summed E-state index contributed by atoms with van der Waals surface area (Å²) in [6, 6.07) is -0.640. The SMILES string of the molecule is CCCCCCCCC/C=C\CCCCCCCC(=O)OCCCCCCCCC/C=C\CCCCCCCC(=O)NC(CO)C(O)/C=C/CCCCCCCCCCCCC. The number of ether oxygens (including phenoxy) is 1. The third kappa shape index (κ3) is 47.6. The second kappa shape index (κ2) is 51.7. The van der Waals surface area contributed by atoms with Gasteiger partial charge in [-0.1, -0.05) is 224 Å². The molecule has 1 amide bonds. The van der Waals surface area contributed by atoms with E-state index in [2.05, 4.69) is 43.5 Å². The van der Waals surface area contributed by atoms with Crippen molar-refractivity contribution in [3.63, 3.8) is 0 Å². The van der Waals surface area contributed by atoms with Crippen molar-refractivity contribution in [3.05, 3.63) is 36.5 Å². The molecule has 2 atom stereocenters. The lowest BCUT2D eigenvalue weighted by molar-refractivity contribution is -0.143. The summed E-state index contributed by atoms with van der Waals surface area (Å²) >= 11 is 0. The zero-order valence-corrected chi connectivity index (χ0v) is 41.4. The summed E-state index contributed by atoms with van der Waals surface area (Å²) in [6.45, 7) is 4.87. The summed E-state index contributed by atoms with van der Waals surface area (Å²) in [5.41, 5.74) is 0. The molecule has 0 heterocycles. The standard InChI is InChI=1S/C56H105NO5/c1-3-5-7-9-11-13-15-17-18-22-26-30-34-38-42-46-50-56(61)62-51-47-43-39-35-31-27-23-20-19-21-25-29-33-37-41-45-49-55(60)57-53(52-58)54(59)48-44-40-36-32-28-24-16-14-12-10-8-6-4-2/h18-19,21-22,44,48,53-54,58-59H,3-17,20,23-43,45-47,49-52H2,1-2H3,(H,57,60)/b21-19-,22-18-,48-44+. The van der Waals surface area contributed by atoms with Crippen molar-refractivity contribution in [2.75, 3.05) is 13.2 Å². The van der Waals surface area contributed by atoms with E-state index >= 15 is 0 Å². The van der Waals surface area contributed by atoms with Crippen molar-refractivity contribution >= 4 is 11.9 Å². The average molecular weight is 872 g/mol. The number of carbonyl (C=O) groups is 2. The normalized spacial score (nSPS) is 12.9. The molecular formula is C56H105NO5. The van der Waals surface area contributed by atoms with Gasteiger partial charge < -0.3 is 20.3 Å². The van der Waals surface area contributed by atoms with Crippen LogP contribution >= 0.6 is 0 Å². The fourth-order valence-electron chi connectivity index (χ4n) is 8.15. The smallest absolute Gasteiger partial charge is 0.305 e. The largest absolute Gasteiger partial charge is 0.466 e. The number of hydrogen-bond donors (Lipinski definition) is 3. The molecule has 0 rings (SSSR count). The van der Waals surface area contributed by atoms with Gasteiger partial charge in [-0.25, -0.2) is 0 Å². The maximum absolute atomic E-state index is 12.4. The highest BCUT2D eigenvalue weighted by Crippen LogP contribution is 2.15. The molecule has 0 aromatic rings. The first-order chi connectivity index (χ1) is 30.5. The van der Waals surface area contributed by atoms with Gasteiger partial charge in [0.15, 0.2) is 0 Å². The lowest BCUT2D eigenvalue weighted by Crippen LogP contribution is -2.45. The van der Waals surface area contributed by atoms with Gasteiger partial charge in [-0.05, 0) is 83.5 Å².